The maximum absolute atomic E-state index is 4.53. The Kier molecular flexibility index (Phi) is 4.52. The molecule has 4 nitrogen and oxygen atoms in total. The predicted molar refractivity (Wildman–Crippen MR) is 69.1 cm³/mol. The summed E-state index contributed by atoms with van der Waals surface area (Å²) in [6.45, 7) is 9.38. The summed E-state index contributed by atoms with van der Waals surface area (Å²) in [5.41, 5.74) is 1.11. The molecule has 90 valence electrons. The van der Waals surface area contributed by atoms with Crippen molar-refractivity contribution in [1.29, 1.82) is 0 Å². The molecule has 0 atom stereocenters. The summed E-state index contributed by atoms with van der Waals surface area (Å²) < 4.78 is 0. The molecule has 4 heteroatoms. The van der Waals surface area contributed by atoms with Crippen molar-refractivity contribution in [3.8, 4) is 0 Å². The van der Waals surface area contributed by atoms with Gasteiger partial charge in [-0.15, -0.1) is 0 Å². The highest BCUT2D eigenvalue weighted by molar-refractivity contribution is 5.48. The zero-order chi connectivity index (χ0) is 12.1. The van der Waals surface area contributed by atoms with Crippen molar-refractivity contribution in [2.45, 2.75) is 40.2 Å². The smallest absolute Gasteiger partial charge is 0.224 e. The molecule has 0 unspecified atom stereocenters. The summed E-state index contributed by atoms with van der Waals surface area (Å²) in [6, 6.07) is 0.438. The number of rotatable bonds is 5. The highest BCUT2D eigenvalue weighted by atomic mass is 15.2. The van der Waals surface area contributed by atoms with Crippen molar-refractivity contribution in [2.24, 2.45) is 0 Å². The number of nitrogens with one attached hydrogen (secondary N) is 1. The molecule has 0 aliphatic heterocycles. The summed E-state index contributed by atoms with van der Waals surface area (Å²) in [4.78, 5) is 11.0. The molecule has 0 saturated heterocycles. The van der Waals surface area contributed by atoms with E-state index in [0.29, 0.717) is 6.04 Å². The molecule has 0 aromatic carbocycles. The normalized spacial score (nSPS) is 10.6. The lowest BCUT2D eigenvalue weighted by molar-refractivity contribution is 0.738. The van der Waals surface area contributed by atoms with Gasteiger partial charge in [0.15, 0.2) is 0 Å². The second kappa shape index (κ2) is 5.68. The summed E-state index contributed by atoms with van der Waals surface area (Å²) in [5, 5.41) is 3.21. The molecule has 1 heterocycles. The Morgan fingerprint density at radius 1 is 1.44 bits per heavy atom. The van der Waals surface area contributed by atoms with Crippen LogP contribution in [-0.4, -0.2) is 29.6 Å². The topological polar surface area (TPSA) is 41.1 Å². The van der Waals surface area contributed by atoms with Crippen LogP contribution >= 0.6 is 0 Å². The Bertz CT molecular complexity index is 336. The van der Waals surface area contributed by atoms with Crippen LogP contribution in [0.2, 0.25) is 0 Å². The lowest BCUT2D eigenvalue weighted by Gasteiger charge is -2.24. The molecule has 16 heavy (non-hydrogen) atoms. The Labute approximate surface area is 98.1 Å². The number of hydrogen-bond acceptors (Lipinski definition) is 4. The average Bonchev–Trinajstić information content (AvgIpc) is 2.27. The van der Waals surface area contributed by atoms with Gasteiger partial charge in [-0.3, -0.25) is 0 Å². The molecule has 0 saturated carbocycles. The molecule has 0 radical (unpaired) electrons. The van der Waals surface area contributed by atoms with Crippen LogP contribution in [0.15, 0.2) is 6.20 Å². The van der Waals surface area contributed by atoms with E-state index in [0.717, 1.165) is 30.3 Å². The third-order valence-electron chi connectivity index (χ3n) is 2.59. The fraction of sp³-hybridized carbons (Fsp3) is 0.667. The Balaban J connectivity index is 2.90. The second-order valence-electron chi connectivity index (χ2n) is 4.33. The minimum atomic E-state index is 0.438. The molecule has 1 aromatic heterocycles. The first-order valence-corrected chi connectivity index (χ1v) is 5.86. The zero-order valence-electron chi connectivity index (χ0n) is 10.9. The van der Waals surface area contributed by atoms with Crippen molar-refractivity contribution in [3.63, 3.8) is 0 Å². The lowest BCUT2D eigenvalue weighted by Crippen LogP contribution is -2.27. The maximum atomic E-state index is 4.53. The quantitative estimate of drug-likeness (QED) is 0.831. The molecule has 0 aliphatic rings. The Morgan fingerprint density at radius 2 is 2.12 bits per heavy atom. The van der Waals surface area contributed by atoms with Crippen molar-refractivity contribution in [3.05, 3.63) is 11.8 Å². The summed E-state index contributed by atoms with van der Waals surface area (Å²) in [7, 11) is 2.06. The largest absolute Gasteiger partial charge is 0.357 e. The fourth-order valence-corrected chi connectivity index (χ4v) is 1.36. The van der Waals surface area contributed by atoms with E-state index in [9.17, 15) is 0 Å². The van der Waals surface area contributed by atoms with Gasteiger partial charge in [0, 0.05) is 31.4 Å². The molecule has 1 N–H and O–H groups in total. The van der Waals surface area contributed by atoms with Gasteiger partial charge >= 0.3 is 0 Å². The highest BCUT2D eigenvalue weighted by Crippen LogP contribution is 2.18. The van der Waals surface area contributed by atoms with E-state index < -0.39 is 0 Å². The minimum Gasteiger partial charge on any atom is -0.357 e. The first kappa shape index (κ1) is 12.7. The number of anilines is 2. The van der Waals surface area contributed by atoms with E-state index in [4.69, 9.17) is 0 Å². The highest BCUT2D eigenvalue weighted by Gasteiger charge is 2.10. The summed E-state index contributed by atoms with van der Waals surface area (Å²) in [5.74, 6) is 1.72. The van der Waals surface area contributed by atoms with Gasteiger partial charge < -0.3 is 10.2 Å². The van der Waals surface area contributed by atoms with Crippen LogP contribution < -0.4 is 10.2 Å². The van der Waals surface area contributed by atoms with Crippen LogP contribution in [-0.2, 0) is 0 Å². The van der Waals surface area contributed by atoms with Gasteiger partial charge in [-0.1, -0.05) is 6.92 Å². The van der Waals surface area contributed by atoms with Crippen molar-refractivity contribution >= 4 is 11.8 Å². The number of aryl methyl sites for hydroxylation is 1. The molecule has 0 fully saturated rings. The van der Waals surface area contributed by atoms with Crippen molar-refractivity contribution < 1.29 is 0 Å². The fourth-order valence-electron chi connectivity index (χ4n) is 1.36. The van der Waals surface area contributed by atoms with Crippen LogP contribution in [0.4, 0.5) is 11.8 Å². The predicted octanol–water partition coefficient (Wildman–Crippen LogP) is 2.45. The van der Waals surface area contributed by atoms with Crippen LogP contribution in [0.25, 0.3) is 0 Å². The minimum absolute atomic E-state index is 0.438. The first-order valence-electron chi connectivity index (χ1n) is 5.86. The second-order valence-corrected chi connectivity index (χ2v) is 4.33. The van der Waals surface area contributed by atoms with Gasteiger partial charge in [0.25, 0.3) is 0 Å². The molecule has 0 bridgehead atoms. The van der Waals surface area contributed by atoms with Crippen molar-refractivity contribution in [1.82, 2.24) is 9.97 Å². The number of aromatic nitrogens is 2. The monoisotopic (exact) mass is 222 g/mol. The van der Waals surface area contributed by atoms with E-state index in [-0.39, 0.29) is 0 Å². The molecule has 1 aromatic rings. The van der Waals surface area contributed by atoms with Gasteiger partial charge in [0.1, 0.15) is 5.82 Å². The molecule has 0 amide bonds. The summed E-state index contributed by atoms with van der Waals surface area (Å²) >= 11 is 0. The van der Waals surface area contributed by atoms with E-state index in [2.05, 4.69) is 48.0 Å². The first-order chi connectivity index (χ1) is 7.56. The van der Waals surface area contributed by atoms with Crippen LogP contribution in [0.3, 0.4) is 0 Å². The Morgan fingerprint density at radius 3 is 2.69 bits per heavy atom. The van der Waals surface area contributed by atoms with Gasteiger partial charge in [-0.05, 0) is 27.2 Å². The number of nitrogens with zero attached hydrogens (tertiary/aromatic N) is 3. The van der Waals surface area contributed by atoms with E-state index in [1.54, 1.807) is 0 Å². The lowest BCUT2D eigenvalue weighted by atomic mass is 10.3. The Hall–Kier alpha value is -1.32. The van der Waals surface area contributed by atoms with E-state index in [1.165, 1.54) is 0 Å². The average molecular weight is 222 g/mol. The van der Waals surface area contributed by atoms with Gasteiger partial charge in [0.2, 0.25) is 5.95 Å². The van der Waals surface area contributed by atoms with Gasteiger partial charge in [-0.2, -0.15) is 4.98 Å². The zero-order valence-corrected chi connectivity index (χ0v) is 10.9. The molecule has 1 rings (SSSR count). The van der Waals surface area contributed by atoms with E-state index in [1.807, 2.05) is 13.1 Å². The molecule has 0 spiro atoms. The number of hydrogen-bond donors (Lipinski definition) is 1. The van der Waals surface area contributed by atoms with Crippen LogP contribution in [0.5, 0.6) is 0 Å². The van der Waals surface area contributed by atoms with Crippen molar-refractivity contribution in [2.75, 3.05) is 23.8 Å². The molecule has 0 aliphatic carbocycles. The van der Waals surface area contributed by atoms with Gasteiger partial charge in [-0.25, -0.2) is 4.98 Å². The summed E-state index contributed by atoms with van der Waals surface area (Å²) in [6.07, 6.45) is 2.95. The van der Waals surface area contributed by atoms with Crippen LogP contribution in [0, 0.1) is 6.92 Å². The molecular weight excluding hydrogens is 200 g/mol. The van der Waals surface area contributed by atoms with E-state index >= 15 is 0 Å². The third kappa shape index (κ3) is 3.08. The maximum Gasteiger partial charge on any atom is 0.224 e. The van der Waals surface area contributed by atoms with Crippen LogP contribution in [0.1, 0.15) is 32.8 Å². The SMILES string of the molecule is CCCNc1ncc(C)c(N(C)C(C)C)n1. The standard InChI is InChI=1S/C12H22N4/c1-6-7-13-12-14-8-10(4)11(15-12)16(5)9(2)3/h8-9H,6-7H2,1-5H3,(H,13,14,15). The third-order valence-corrected chi connectivity index (χ3v) is 2.59. The molecular formula is C12H22N4. The van der Waals surface area contributed by atoms with Gasteiger partial charge in [0.05, 0.1) is 0 Å².